The lowest BCUT2D eigenvalue weighted by Gasteiger charge is -2.17. The lowest BCUT2D eigenvalue weighted by molar-refractivity contribution is -0.118. The van der Waals surface area contributed by atoms with Gasteiger partial charge in [-0.2, -0.15) is 5.26 Å². The molecular weight excluding hydrogens is 202 g/mol. The number of pyridine rings is 1. The highest BCUT2D eigenvalue weighted by atomic mass is 16.2. The molecule has 1 aliphatic carbocycles. The number of anilines is 1. The summed E-state index contributed by atoms with van der Waals surface area (Å²) < 4.78 is 0. The quantitative estimate of drug-likeness (QED) is 0.655. The molecule has 0 spiro atoms. The summed E-state index contributed by atoms with van der Waals surface area (Å²) >= 11 is 0. The van der Waals surface area contributed by atoms with Crippen molar-refractivity contribution in [2.24, 2.45) is 5.92 Å². The molecule has 2 aliphatic rings. The van der Waals surface area contributed by atoms with Crippen molar-refractivity contribution in [1.82, 2.24) is 4.98 Å². The second-order valence-electron chi connectivity index (χ2n) is 4.51. The first kappa shape index (κ1) is 9.34. The molecule has 0 saturated heterocycles. The van der Waals surface area contributed by atoms with Gasteiger partial charge in [-0.15, -0.1) is 0 Å². The minimum absolute atomic E-state index is 0.128. The fourth-order valence-electron chi connectivity index (χ4n) is 2.42. The van der Waals surface area contributed by atoms with Crippen molar-refractivity contribution >= 4 is 11.7 Å². The predicted octanol–water partition coefficient (Wildman–Crippen LogP) is 1.42. The lowest BCUT2D eigenvalue weighted by Crippen LogP contribution is -2.26. The van der Waals surface area contributed by atoms with Crippen LogP contribution < -0.4 is 4.90 Å². The predicted molar refractivity (Wildman–Crippen MR) is 57.8 cm³/mol. The number of carbonyl (C=O) groups is 1. The van der Waals surface area contributed by atoms with E-state index in [1.165, 1.54) is 6.20 Å². The first-order valence-electron chi connectivity index (χ1n) is 5.37. The lowest BCUT2D eigenvalue weighted by atomic mass is 10.1. The zero-order valence-corrected chi connectivity index (χ0v) is 8.97. The normalized spacial score (nSPS) is 26.5. The summed E-state index contributed by atoms with van der Waals surface area (Å²) in [6, 6.07) is 3.97. The molecule has 4 heteroatoms. The molecule has 1 saturated carbocycles. The Morgan fingerprint density at radius 2 is 2.44 bits per heavy atom. The Morgan fingerprint density at radius 1 is 1.62 bits per heavy atom. The van der Waals surface area contributed by atoms with Crippen LogP contribution in [0.1, 0.15) is 29.9 Å². The summed E-state index contributed by atoms with van der Waals surface area (Å²) in [5.41, 5.74) is 1.64. The third-order valence-electron chi connectivity index (χ3n) is 3.47. The van der Waals surface area contributed by atoms with Gasteiger partial charge >= 0.3 is 0 Å². The largest absolute Gasteiger partial charge is 0.300 e. The highest BCUT2D eigenvalue weighted by molar-refractivity contribution is 5.94. The zero-order chi connectivity index (χ0) is 11.3. The van der Waals surface area contributed by atoms with Crippen LogP contribution in [-0.4, -0.2) is 17.9 Å². The number of rotatable bonds is 0. The minimum Gasteiger partial charge on any atom is -0.300 e. The van der Waals surface area contributed by atoms with E-state index in [-0.39, 0.29) is 5.91 Å². The molecule has 1 aliphatic heterocycles. The number of nitrogens with zero attached hydrogens (tertiary/aromatic N) is 3. The van der Waals surface area contributed by atoms with Crippen molar-refractivity contribution in [3.8, 4) is 6.07 Å². The van der Waals surface area contributed by atoms with Crippen molar-refractivity contribution in [2.45, 2.75) is 18.8 Å². The second kappa shape index (κ2) is 3.05. The first-order valence-corrected chi connectivity index (χ1v) is 5.37. The molecule has 0 bridgehead atoms. The van der Waals surface area contributed by atoms with Crippen LogP contribution in [-0.2, 0) is 4.79 Å². The Labute approximate surface area is 93.5 Å². The number of hydrogen-bond acceptors (Lipinski definition) is 3. The van der Waals surface area contributed by atoms with Crippen LogP contribution in [0.5, 0.6) is 0 Å². The number of nitriles is 1. The Bertz CT molecular complexity index is 517. The fourth-order valence-corrected chi connectivity index (χ4v) is 2.42. The average Bonchev–Trinajstić information content (AvgIpc) is 3.06. The number of carbonyl (C=O) groups excluding carboxylic acids is 1. The van der Waals surface area contributed by atoms with Gasteiger partial charge in [0, 0.05) is 19.7 Å². The van der Waals surface area contributed by atoms with Crippen molar-refractivity contribution in [3.05, 3.63) is 23.4 Å². The second-order valence-corrected chi connectivity index (χ2v) is 4.51. The molecule has 1 fully saturated rings. The number of hydrogen-bond donors (Lipinski definition) is 0. The molecular formula is C12H11N3O. The topological polar surface area (TPSA) is 57.0 Å². The molecule has 0 radical (unpaired) electrons. The van der Waals surface area contributed by atoms with Crippen molar-refractivity contribution in [3.63, 3.8) is 0 Å². The van der Waals surface area contributed by atoms with Crippen LogP contribution in [0.4, 0.5) is 5.82 Å². The first-order chi connectivity index (χ1) is 7.70. The molecule has 2 heterocycles. The molecule has 80 valence electrons. The summed E-state index contributed by atoms with van der Waals surface area (Å²) in [6.07, 6.45) is 3.20. The van der Waals surface area contributed by atoms with Crippen LogP contribution in [0.2, 0.25) is 0 Å². The summed E-state index contributed by atoms with van der Waals surface area (Å²) in [7, 11) is 1.75. The van der Waals surface area contributed by atoms with E-state index in [4.69, 9.17) is 5.26 Å². The summed E-state index contributed by atoms with van der Waals surface area (Å²) in [6.45, 7) is 0. The van der Waals surface area contributed by atoms with Crippen LogP contribution in [0, 0.1) is 17.2 Å². The fraction of sp³-hybridized carbons (Fsp3) is 0.417. The Kier molecular flexibility index (Phi) is 1.78. The molecule has 2 unspecified atom stereocenters. The smallest absolute Gasteiger partial charge is 0.228 e. The van der Waals surface area contributed by atoms with Gasteiger partial charge in [0.05, 0.1) is 5.56 Å². The third-order valence-corrected chi connectivity index (χ3v) is 3.47. The van der Waals surface area contributed by atoms with E-state index >= 15 is 0 Å². The van der Waals surface area contributed by atoms with E-state index in [1.54, 1.807) is 11.9 Å². The van der Waals surface area contributed by atoms with Crippen LogP contribution in [0.25, 0.3) is 0 Å². The third kappa shape index (κ3) is 1.21. The van der Waals surface area contributed by atoms with Gasteiger partial charge in [0.1, 0.15) is 11.9 Å². The molecule has 1 aromatic rings. The summed E-state index contributed by atoms with van der Waals surface area (Å²) in [5.74, 6) is 1.76. The highest BCUT2D eigenvalue weighted by Crippen LogP contribution is 2.53. The molecule has 0 aromatic carbocycles. The maximum absolute atomic E-state index is 11.8. The van der Waals surface area contributed by atoms with Gasteiger partial charge in [0.2, 0.25) is 5.91 Å². The molecule has 4 nitrogen and oxygen atoms in total. The van der Waals surface area contributed by atoms with Gasteiger partial charge in [0.15, 0.2) is 0 Å². The maximum atomic E-state index is 11.8. The Morgan fingerprint density at radius 3 is 3.19 bits per heavy atom. The Hall–Kier alpha value is -1.89. The Balaban J connectivity index is 2.15. The van der Waals surface area contributed by atoms with Gasteiger partial charge in [-0.3, -0.25) is 9.69 Å². The van der Waals surface area contributed by atoms with E-state index in [2.05, 4.69) is 11.1 Å². The average molecular weight is 213 g/mol. The summed E-state index contributed by atoms with van der Waals surface area (Å²) in [4.78, 5) is 17.6. The standard InChI is InChI=1S/C12H11N3O/c1-15-11(16)4-8-3-9(8)10-2-7(5-13)6-14-12(10)15/h2,6,8-9H,3-4H2,1H3. The van der Waals surface area contributed by atoms with Crippen molar-refractivity contribution in [1.29, 1.82) is 5.26 Å². The van der Waals surface area contributed by atoms with Gasteiger partial charge in [-0.25, -0.2) is 4.98 Å². The van der Waals surface area contributed by atoms with E-state index < -0.39 is 0 Å². The SMILES string of the molecule is CN1C(=O)CC2CC2c2cc(C#N)cnc21. The number of aromatic nitrogens is 1. The number of fused-ring (bicyclic) bond motifs is 3. The molecule has 0 N–H and O–H groups in total. The maximum Gasteiger partial charge on any atom is 0.228 e. The van der Waals surface area contributed by atoms with Crippen LogP contribution in [0.15, 0.2) is 12.3 Å². The monoisotopic (exact) mass is 213 g/mol. The molecule has 1 aromatic heterocycles. The number of amides is 1. The summed E-state index contributed by atoms with van der Waals surface area (Å²) in [5, 5.41) is 8.86. The van der Waals surface area contributed by atoms with E-state index in [1.807, 2.05) is 6.07 Å². The van der Waals surface area contributed by atoms with Gasteiger partial charge in [-0.05, 0) is 29.9 Å². The van der Waals surface area contributed by atoms with Crippen molar-refractivity contribution in [2.75, 3.05) is 11.9 Å². The van der Waals surface area contributed by atoms with Crippen LogP contribution in [0.3, 0.4) is 0 Å². The van der Waals surface area contributed by atoms with E-state index in [9.17, 15) is 4.79 Å². The van der Waals surface area contributed by atoms with Gasteiger partial charge < -0.3 is 0 Å². The van der Waals surface area contributed by atoms with E-state index in [0.29, 0.717) is 23.8 Å². The van der Waals surface area contributed by atoms with Gasteiger partial charge in [0.25, 0.3) is 0 Å². The molecule has 1 amide bonds. The van der Waals surface area contributed by atoms with E-state index in [0.717, 1.165) is 17.8 Å². The van der Waals surface area contributed by atoms with Gasteiger partial charge in [-0.1, -0.05) is 0 Å². The molecule has 16 heavy (non-hydrogen) atoms. The van der Waals surface area contributed by atoms with Crippen molar-refractivity contribution < 1.29 is 4.79 Å². The zero-order valence-electron chi connectivity index (χ0n) is 8.97. The molecule has 2 atom stereocenters. The van der Waals surface area contributed by atoms with Crippen LogP contribution >= 0.6 is 0 Å². The minimum atomic E-state index is 0.128. The highest BCUT2D eigenvalue weighted by Gasteiger charge is 2.45. The molecule has 3 rings (SSSR count).